The molecule has 0 atom stereocenters. The van der Waals surface area contributed by atoms with Crippen LogP contribution < -0.4 is 0 Å². The van der Waals surface area contributed by atoms with Crippen molar-refractivity contribution in [2.75, 3.05) is 0 Å². The van der Waals surface area contributed by atoms with E-state index in [2.05, 4.69) is 209 Å². The quantitative estimate of drug-likeness (QED) is 0.172. The van der Waals surface area contributed by atoms with E-state index in [1.54, 1.807) is 0 Å². The zero-order valence-corrected chi connectivity index (χ0v) is 30.3. The number of hydrogen-bond acceptors (Lipinski definition) is 3. The zero-order chi connectivity index (χ0) is 37.0. The highest BCUT2D eigenvalue weighted by molar-refractivity contribution is 6.10. The van der Waals surface area contributed by atoms with E-state index in [9.17, 15) is 0 Å². The molecule has 0 aliphatic rings. The van der Waals surface area contributed by atoms with E-state index in [4.69, 9.17) is 15.0 Å². The van der Waals surface area contributed by atoms with E-state index < -0.39 is 0 Å². The van der Waals surface area contributed by atoms with Crippen LogP contribution in [0.15, 0.2) is 200 Å². The molecule has 0 aliphatic carbocycles. The molecule has 0 saturated carbocycles. The normalized spacial score (nSPS) is 11.6. The summed E-state index contributed by atoms with van der Waals surface area (Å²) in [6.45, 7) is 0. The second-order valence-corrected chi connectivity index (χ2v) is 14.1. The van der Waals surface area contributed by atoms with Crippen LogP contribution in [0.5, 0.6) is 0 Å². The van der Waals surface area contributed by atoms with E-state index in [0.717, 1.165) is 71.4 Å². The molecule has 0 aliphatic heterocycles. The lowest BCUT2D eigenvalue weighted by atomic mass is 9.92. The fourth-order valence-corrected chi connectivity index (χ4v) is 8.27. The second-order valence-electron chi connectivity index (χ2n) is 14.1. The third-order valence-corrected chi connectivity index (χ3v) is 10.8. The molecule has 11 aromatic rings. The Morgan fingerprint density at radius 1 is 0.268 bits per heavy atom. The number of para-hydroxylation sites is 4. The Morgan fingerprint density at radius 2 is 0.625 bits per heavy atom. The highest BCUT2D eigenvalue weighted by Crippen LogP contribution is 2.37. The highest BCUT2D eigenvalue weighted by Gasteiger charge is 2.21. The standard InChI is InChI=1S/C51H33N5/c1-2-16-34(17-3-1)35-18-14-19-36(32-35)39-22-4-5-23-40(39)37-20-15-21-38(33-37)49-52-50(55-45-28-10-6-24-41(45)42-25-7-11-29-46(42)55)54-51(53-49)56-47-30-12-8-26-43(47)44-27-9-13-31-48(44)56/h1-33H. The maximum absolute atomic E-state index is 5.32. The minimum Gasteiger partial charge on any atom is -0.278 e. The molecule has 0 radical (unpaired) electrons. The van der Waals surface area contributed by atoms with Crippen molar-refractivity contribution < 1.29 is 0 Å². The summed E-state index contributed by atoms with van der Waals surface area (Å²) in [7, 11) is 0. The van der Waals surface area contributed by atoms with Gasteiger partial charge in [-0.15, -0.1) is 0 Å². The maximum atomic E-state index is 5.32. The van der Waals surface area contributed by atoms with Crippen molar-refractivity contribution in [1.29, 1.82) is 0 Å². The third-order valence-electron chi connectivity index (χ3n) is 10.8. The topological polar surface area (TPSA) is 48.5 Å². The Labute approximate surface area is 323 Å². The summed E-state index contributed by atoms with van der Waals surface area (Å²) >= 11 is 0. The molecule has 0 fully saturated rings. The number of nitrogens with zero attached hydrogens (tertiary/aromatic N) is 5. The second kappa shape index (κ2) is 13.0. The number of fused-ring (bicyclic) bond motifs is 6. The molecule has 262 valence electrons. The van der Waals surface area contributed by atoms with Gasteiger partial charge in [0.05, 0.1) is 22.1 Å². The van der Waals surface area contributed by atoms with Crippen LogP contribution in [0, 0.1) is 0 Å². The summed E-state index contributed by atoms with van der Waals surface area (Å²) in [6.07, 6.45) is 0. The molecule has 0 unspecified atom stereocenters. The minimum absolute atomic E-state index is 0.563. The summed E-state index contributed by atoms with van der Waals surface area (Å²) in [6, 6.07) is 70.4. The van der Waals surface area contributed by atoms with E-state index in [0.29, 0.717) is 17.7 Å². The van der Waals surface area contributed by atoms with Gasteiger partial charge in [0.25, 0.3) is 0 Å². The molecule has 5 nitrogen and oxygen atoms in total. The summed E-state index contributed by atoms with van der Waals surface area (Å²) in [5.41, 5.74) is 12.0. The third kappa shape index (κ3) is 5.21. The van der Waals surface area contributed by atoms with E-state index >= 15 is 0 Å². The van der Waals surface area contributed by atoms with Crippen LogP contribution in [0.3, 0.4) is 0 Å². The SMILES string of the molecule is c1ccc(-c2cccc(-c3ccccc3-c3cccc(-c4nc(-n5c6ccccc6c6ccccc65)nc(-n5c6ccccc6c6ccccc65)n4)c3)c2)cc1. The summed E-state index contributed by atoms with van der Waals surface area (Å²) < 4.78 is 4.35. The molecule has 3 heterocycles. The molecular weight excluding hydrogens is 683 g/mol. The Hall–Kier alpha value is -7.63. The van der Waals surface area contributed by atoms with Crippen LogP contribution in [-0.2, 0) is 0 Å². The van der Waals surface area contributed by atoms with Gasteiger partial charge in [0, 0.05) is 27.1 Å². The van der Waals surface area contributed by atoms with Gasteiger partial charge < -0.3 is 0 Å². The van der Waals surface area contributed by atoms with Gasteiger partial charge in [-0.05, 0) is 69.8 Å². The summed E-state index contributed by atoms with van der Waals surface area (Å²) in [5.74, 6) is 1.72. The average molecular weight is 716 g/mol. The van der Waals surface area contributed by atoms with Crippen molar-refractivity contribution in [3.8, 4) is 56.7 Å². The number of hydrogen-bond donors (Lipinski definition) is 0. The van der Waals surface area contributed by atoms with Gasteiger partial charge in [0.15, 0.2) is 5.82 Å². The van der Waals surface area contributed by atoms with Crippen LogP contribution in [0.2, 0.25) is 0 Å². The Morgan fingerprint density at radius 3 is 1.11 bits per heavy atom. The van der Waals surface area contributed by atoms with Gasteiger partial charge in [0.1, 0.15) is 0 Å². The molecule has 11 rings (SSSR count). The molecule has 8 aromatic carbocycles. The van der Waals surface area contributed by atoms with Crippen molar-refractivity contribution in [2.24, 2.45) is 0 Å². The Balaban J connectivity index is 1.13. The number of aromatic nitrogens is 5. The molecule has 0 spiro atoms. The van der Waals surface area contributed by atoms with Gasteiger partial charge in [-0.25, -0.2) is 0 Å². The minimum atomic E-state index is 0.563. The van der Waals surface area contributed by atoms with Gasteiger partial charge in [-0.2, -0.15) is 15.0 Å². The van der Waals surface area contributed by atoms with Crippen molar-refractivity contribution in [1.82, 2.24) is 24.1 Å². The Bertz CT molecular complexity index is 3030. The maximum Gasteiger partial charge on any atom is 0.240 e. The van der Waals surface area contributed by atoms with Gasteiger partial charge in [0.2, 0.25) is 11.9 Å². The summed E-state index contributed by atoms with van der Waals surface area (Å²) in [4.78, 5) is 15.9. The van der Waals surface area contributed by atoms with Crippen LogP contribution in [0.4, 0.5) is 0 Å². The Kier molecular flexibility index (Phi) is 7.42. The first-order valence-electron chi connectivity index (χ1n) is 18.9. The van der Waals surface area contributed by atoms with E-state index in [1.807, 2.05) is 0 Å². The molecule has 56 heavy (non-hydrogen) atoms. The van der Waals surface area contributed by atoms with Gasteiger partial charge in [-0.1, -0.05) is 164 Å². The van der Waals surface area contributed by atoms with Crippen LogP contribution in [0.1, 0.15) is 0 Å². The monoisotopic (exact) mass is 715 g/mol. The van der Waals surface area contributed by atoms with Crippen molar-refractivity contribution in [2.45, 2.75) is 0 Å². The molecule has 5 heteroatoms. The van der Waals surface area contributed by atoms with Crippen molar-refractivity contribution in [3.05, 3.63) is 200 Å². The number of benzene rings is 8. The molecule has 0 amide bonds. The fraction of sp³-hybridized carbons (Fsp3) is 0. The van der Waals surface area contributed by atoms with Crippen LogP contribution in [-0.4, -0.2) is 24.1 Å². The first-order chi connectivity index (χ1) is 27.8. The number of rotatable bonds is 6. The molecule has 0 bridgehead atoms. The van der Waals surface area contributed by atoms with Gasteiger partial charge >= 0.3 is 0 Å². The lowest BCUT2D eigenvalue weighted by Gasteiger charge is -2.14. The first-order valence-corrected chi connectivity index (χ1v) is 18.9. The van der Waals surface area contributed by atoms with E-state index in [1.165, 1.54) is 11.1 Å². The lowest BCUT2D eigenvalue weighted by Crippen LogP contribution is -2.10. The van der Waals surface area contributed by atoms with Crippen LogP contribution in [0.25, 0.3) is 100 Å². The summed E-state index contributed by atoms with van der Waals surface area (Å²) in [5, 5.41) is 4.61. The lowest BCUT2D eigenvalue weighted by molar-refractivity contribution is 0.893. The van der Waals surface area contributed by atoms with Crippen LogP contribution >= 0.6 is 0 Å². The molecule has 0 saturated heterocycles. The van der Waals surface area contributed by atoms with Gasteiger partial charge in [-0.3, -0.25) is 9.13 Å². The smallest absolute Gasteiger partial charge is 0.240 e. The first kappa shape index (κ1) is 31.9. The van der Waals surface area contributed by atoms with Crippen molar-refractivity contribution in [3.63, 3.8) is 0 Å². The fourth-order valence-electron chi connectivity index (χ4n) is 8.27. The molecule has 0 N–H and O–H groups in total. The predicted octanol–water partition coefficient (Wildman–Crippen LogP) is 12.7. The van der Waals surface area contributed by atoms with E-state index in [-0.39, 0.29) is 0 Å². The zero-order valence-electron chi connectivity index (χ0n) is 30.3. The average Bonchev–Trinajstić information content (AvgIpc) is 3.80. The highest BCUT2D eigenvalue weighted by atomic mass is 15.3. The molecule has 3 aromatic heterocycles. The molecular formula is C51H33N5. The predicted molar refractivity (Wildman–Crippen MR) is 230 cm³/mol. The van der Waals surface area contributed by atoms with Crippen molar-refractivity contribution >= 4 is 43.6 Å². The largest absolute Gasteiger partial charge is 0.278 e.